The maximum absolute atomic E-state index is 11.2. The average molecular weight is 360 g/mol. The molecule has 144 valence electrons. The molecule has 0 N–H and O–H groups in total. The molecule has 0 aliphatic rings. The third kappa shape index (κ3) is 19.7. The second-order valence-corrected chi connectivity index (χ2v) is 5.24. The van der Waals surface area contributed by atoms with Gasteiger partial charge in [0.15, 0.2) is 0 Å². The molecule has 8 heteroatoms. The molecule has 0 radical (unpaired) electrons. The highest BCUT2D eigenvalue weighted by Gasteiger charge is 2.08. The van der Waals surface area contributed by atoms with E-state index in [-0.39, 0.29) is 30.4 Å². The molecule has 8 nitrogen and oxygen atoms in total. The number of hydrogen-bond acceptors (Lipinski definition) is 8. The molecule has 0 aromatic rings. The zero-order chi connectivity index (χ0) is 19.7. The van der Waals surface area contributed by atoms with Gasteiger partial charge >= 0.3 is 17.9 Å². The van der Waals surface area contributed by atoms with Crippen molar-refractivity contribution in [2.45, 2.75) is 58.3 Å². The van der Waals surface area contributed by atoms with Crippen LogP contribution in [0.25, 0.3) is 0 Å². The molecule has 0 bridgehead atoms. The van der Waals surface area contributed by atoms with E-state index < -0.39 is 11.9 Å². The molecular weight excluding hydrogens is 332 g/mol. The summed E-state index contributed by atoms with van der Waals surface area (Å²) in [4.78, 5) is 53.1. The summed E-state index contributed by atoms with van der Waals surface area (Å²) in [6.45, 7) is 1.34. The van der Waals surface area contributed by atoms with Crippen molar-refractivity contribution in [3.05, 3.63) is 0 Å². The number of hydrogen-bond donors (Lipinski definition) is 0. The van der Waals surface area contributed by atoms with E-state index in [9.17, 15) is 24.0 Å². The van der Waals surface area contributed by atoms with Crippen LogP contribution in [-0.4, -0.2) is 50.8 Å². The quantitative estimate of drug-likeness (QED) is 0.237. The minimum atomic E-state index is -0.485. The molecule has 25 heavy (non-hydrogen) atoms. The van der Waals surface area contributed by atoms with Crippen LogP contribution < -0.4 is 0 Å². The number of ether oxygens (including phenoxy) is 3. The summed E-state index contributed by atoms with van der Waals surface area (Å²) in [5, 5.41) is 0. The Morgan fingerprint density at radius 3 is 1.44 bits per heavy atom. The van der Waals surface area contributed by atoms with Crippen LogP contribution in [0.5, 0.6) is 0 Å². The predicted molar refractivity (Wildman–Crippen MR) is 88.7 cm³/mol. The largest absolute Gasteiger partial charge is 0.469 e. The number of carbonyl (C=O) groups is 5. The Kier molecular flexibility index (Phi) is 16.6. The molecule has 0 saturated carbocycles. The first kappa shape index (κ1) is 25.0. The van der Waals surface area contributed by atoms with Crippen molar-refractivity contribution in [2.24, 2.45) is 0 Å². The van der Waals surface area contributed by atoms with Crippen molar-refractivity contribution in [3.63, 3.8) is 0 Å². The molecule has 0 atom stereocenters. The molecule has 0 aliphatic heterocycles. The number of esters is 3. The maximum atomic E-state index is 11.2. The van der Waals surface area contributed by atoms with Crippen LogP contribution in [0.15, 0.2) is 0 Å². The standard InChI is InChI=1S/C12H20O5.C5H8O3/c1-16-11(14)8-6-4-3-5-7-10(13)9-12(15)17-2;1-4(6)3-5(7)8-2/h3-9H2,1-2H3;3H2,1-2H3. The Balaban J connectivity index is 0. The molecule has 0 unspecified atom stereocenters. The van der Waals surface area contributed by atoms with Gasteiger partial charge in [-0.05, 0) is 19.8 Å². The van der Waals surface area contributed by atoms with Crippen LogP contribution in [-0.2, 0) is 38.2 Å². The zero-order valence-corrected chi connectivity index (χ0v) is 15.4. The molecule has 0 saturated heterocycles. The molecule has 0 aromatic carbocycles. The molecule has 0 fully saturated rings. The Morgan fingerprint density at radius 2 is 1.04 bits per heavy atom. The smallest absolute Gasteiger partial charge is 0.313 e. The van der Waals surface area contributed by atoms with Crippen LogP contribution >= 0.6 is 0 Å². The fourth-order valence-corrected chi connectivity index (χ4v) is 1.64. The summed E-state index contributed by atoms with van der Waals surface area (Å²) in [6.07, 6.45) is 3.86. The highest BCUT2D eigenvalue weighted by molar-refractivity contribution is 5.95. The van der Waals surface area contributed by atoms with Crippen LogP contribution in [0, 0.1) is 0 Å². The van der Waals surface area contributed by atoms with E-state index in [0.717, 1.165) is 25.7 Å². The summed E-state index contributed by atoms with van der Waals surface area (Å²) in [6, 6.07) is 0. The lowest BCUT2D eigenvalue weighted by Gasteiger charge is -2.01. The van der Waals surface area contributed by atoms with E-state index in [1.807, 2.05) is 0 Å². The lowest BCUT2D eigenvalue weighted by atomic mass is 10.1. The van der Waals surface area contributed by atoms with Crippen molar-refractivity contribution in [3.8, 4) is 0 Å². The van der Waals surface area contributed by atoms with Gasteiger partial charge in [-0.1, -0.05) is 12.8 Å². The van der Waals surface area contributed by atoms with E-state index >= 15 is 0 Å². The molecule has 0 rings (SSSR count). The first-order valence-corrected chi connectivity index (χ1v) is 7.98. The second kappa shape index (κ2) is 16.6. The number of unbranched alkanes of at least 4 members (excludes halogenated alkanes) is 3. The SMILES string of the molecule is COC(=O)CC(C)=O.COC(=O)CCCCCCC(=O)CC(=O)OC. The van der Waals surface area contributed by atoms with E-state index in [1.54, 1.807) is 0 Å². The topological polar surface area (TPSA) is 113 Å². The zero-order valence-electron chi connectivity index (χ0n) is 15.4. The van der Waals surface area contributed by atoms with Crippen molar-refractivity contribution >= 4 is 29.5 Å². The third-order valence-electron chi connectivity index (χ3n) is 3.00. The summed E-state index contributed by atoms with van der Waals surface area (Å²) < 4.78 is 13.1. The second-order valence-electron chi connectivity index (χ2n) is 5.24. The van der Waals surface area contributed by atoms with Crippen molar-refractivity contribution in [2.75, 3.05) is 21.3 Å². The number of rotatable bonds is 11. The van der Waals surface area contributed by atoms with Gasteiger partial charge in [-0.15, -0.1) is 0 Å². The van der Waals surface area contributed by atoms with E-state index in [0.29, 0.717) is 12.8 Å². The summed E-state index contributed by atoms with van der Waals surface area (Å²) in [5.74, 6) is -1.42. The first-order chi connectivity index (χ1) is 11.8. The van der Waals surface area contributed by atoms with Crippen LogP contribution in [0.2, 0.25) is 0 Å². The first-order valence-electron chi connectivity index (χ1n) is 7.98. The third-order valence-corrected chi connectivity index (χ3v) is 3.00. The Hall–Kier alpha value is -2.25. The number of Topliss-reactive ketones (excluding diaryl/α,β-unsaturated/α-hetero) is 2. The van der Waals surface area contributed by atoms with Crippen LogP contribution in [0.3, 0.4) is 0 Å². The lowest BCUT2D eigenvalue weighted by molar-refractivity contribution is -0.144. The van der Waals surface area contributed by atoms with Crippen LogP contribution in [0.4, 0.5) is 0 Å². The predicted octanol–water partition coefficient (Wildman–Crippen LogP) is 1.77. The number of carbonyl (C=O) groups excluding carboxylic acids is 5. The van der Waals surface area contributed by atoms with Gasteiger partial charge < -0.3 is 14.2 Å². The maximum Gasteiger partial charge on any atom is 0.313 e. The average Bonchev–Trinajstić information content (AvgIpc) is 2.57. The fourth-order valence-electron chi connectivity index (χ4n) is 1.64. The summed E-state index contributed by atoms with van der Waals surface area (Å²) >= 11 is 0. The van der Waals surface area contributed by atoms with Gasteiger partial charge in [0.1, 0.15) is 24.4 Å². The minimum absolute atomic E-state index is 0.0928. The van der Waals surface area contributed by atoms with Gasteiger partial charge in [-0.3, -0.25) is 24.0 Å². The Morgan fingerprint density at radius 1 is 0.600 bits per heavy atom. The van der Waals surface area contributed by atoms with E-state index in [2.05, 4.69) is 14.2 Å². The minimum Gasteiger partial charge on any atom is -0.469 e. The van der Waals surface area contributed by atoms with Gasteiger partial charge in [0.05, 0.1) is 21.3 Å². The molecule has 0 heterocycles. The lowest BCUT2D eigenvalue weighted by Crippen LogP contribution is -2.08. The van der Waals surface area contributed by atoms with Crippen molar-refractivity contribution in [1.29, 1.82) is 0 Å². The highest BCUT2D eigenvalue weighted by atomic mass is 16.5. The van der Waals surface area contributed by atoms with Gasteiger partial charge in [-0.2, -0.15) is 0 Å². The number of ketones is 2. The molecule has 0 aromatic heterocycles. The molecule has 0 spiro atoms. The Bertz CT molecular complexity index is 442. The van der Waals surface area contributed by atoms with Gasteiger partial charge in [-0.25, -0.2) is 0 Å². The van der Waals surface area contributed by atoms with E-state index in [1.165, 1.54) is 28.3 Å². The van der Waals surface area contributed by atoms with E-state index in [4.69, 9.17) is 0 Å². The summed E-state index contributed by atoms with van der Waals surface area (Å²) in [7, 11) is 3.89. The monoisotopic (exact) mass is 360 g/mol. The van der Waals surface area contributed by atoms with Gasteiger partial charge in [0.25, 0.3) is 0 Å². The van der Waals surface area contributed by atoms with Crippen LogP contribution in [0.1, 0.15) is 58.3 Å². The van der Waals surface area contributed by atoms with Crippen molar-refractivity contribution in [1.82, 2.24) is 0 Å². The van der Waals surface area contributed by atoms with Gasteiger partial charge in [0.2, 0.25) is 0 Å². The summed E-state index contributed by atoms with van der Waals surface area (Å²) in [5.41, 5.74) is 0. The van der Waals surface area contributed by atoms with Crippen molar-refractivity contribution < 1.29 is 38.2 Å². The molecule has 0 amide bonds. The fraction of sp³-hybridized carbons (Fsp3) is 0.706. The van der Waals surface area contributed by atoms with Gasteiger partial charge in [0, 0.05) is 12.8 Å². The molecule has 0 aliphatic carbocycles. The highest BCUT2D eigenvalue weighted by Crippen LogP contribution is 2.07. The number of methoxy groups -OCH3 is 3. The normalized spacial score (nSPS) is 9.28. The molecular formula is C17H28O8. The Labute approximate surface area is 148 Å².